The minimum absolute atomic E-state index is 0.875. The van der Waals surface area contributed by atoms with E-state index >= 15 is 0 Å². The second kappa shape index (κ2) is 3.70. The average Bonchev–Trinajstić information content (AvgIpc) is 2.58. The number of benzene rings is 1. The van der Waals surface area contributed by atoms with Gasteiger partial charge in [0.25, 0.3) is 0 Å². The lowest BCUT2D eigenvalue weighted by Crippen LogP contribution is -1.92. The predicted octanol–water partition coefficient (Wildman–Crippen LogP) is 3.92. The Morgan fingerprint density at radius 1 is 1.00 bits per heavy atom. The van der Waals surface area contributed by atoms with Crippen molar-refractivity contribution in [2.75, 3.05) is 5.73 Å². The summed E-state index contributed by atoms with van der Waals surface area (Å²) in [7, 11) is 0. The Hall–Kier alpha value is -1.28. The number of hydrogen-bond donors (Lipinski definition) is 1. The molecule has 78 valence electrons. The third kappa shape index (κ3) is 1.90. The maximum atomic E-state index is 6.04. The number of thiophene rings is 1. The van der Waals surface area contributed by atoms with Gasteiger partial charge in [-0.15, -0.1) is 11.3 Å². The molecule has 0 amide bonds. The Morgan fingerprint density at radius 3 is 2.27 bits per heavy atom. The summed E-state index contributed by atoms with van der Waals surface area (Å²) >= 11 is 1.79. The highest BCUT2D eigenvalue weighted by Crippen LogP contribution is 2.33. The van der Waals surface area contributed by atoms with Crippen LogP contribution in [0.5, 0.6) is 0 Å². The lowest BCUT2D eigenvalue weighted by molar-refractivity contribution is 1.35. The van der Waals surface area contributed by atoms with Crippen LogP contribution in [0.1, 0.15) is 16.0 Å². The summed E-state index contributed by atoms with van der Waals surface area (Å²) in [6.45, 7) is 6.33. The molecular formula is C13H15NS. The van der Waals surface area contributed by atoms with E-state index in [1.54, 1.807) is 11.3 Å². The molecule has 15 heavy (non-hydrogen) atoms. The van der Waals surface area contributed by atoms with Crippen LogP contribution in [0.4, 0.5) is 5.69 Å². The predicted molar refractivity (Wildman–Crippen MR) is 68.4 cm³/mol. The van der Waals surface area contributed by atoms with Crippen molar-refractivity contribution in [1.82, 2.24) is 0 Å². The number of hydrogen-bond acceptors (Lipinski definition) is 2. The summed E-state index contributed by atoms with van der Waals surface area (Å²) in [6.07, 6.45) is 0. The molecule has 0 atom stereocenters. The van der Waals surface area contributed by atoms with E-state index in [-0.39, 0.29) is 0 Å². The summed E-state index contributed by atoms with van der Waals surface area (Å²) < 4.78 is 0. The molecule has 0 aliphatic carbocycles. The van der Waals surface area contributed by atoms with E-state index in [2.05, 4.69) is 45.0 Å². The third-order valence-electron chi connectivity index (χ3n) is 2.67. The van der Waals surface area contributed by atoms with Crippen molar-refractivity contribution < 1.29 is 0 Å². The van der Waals surface area contributed by atoms with Crippen molar-refractivity contribution in [3.63, 3.8) is 0 Å². The molecule has 2 heteroatoms. The van der Waals surface area contributed by atoms with Gasteiger partial charge in [0.1, 0.15) is 0 Å². The summed E-state index contributed by atoms with van der Waals surface area (Å²) in [5.41, 5.74) is 10.6. The number of rotatable bonds is 1. The SMILES string of the molecule is Cc1ccc(-c2cc(C)c(C)cc2N)s1. The maximum absolute atomic E-state index is 6.04. The molecule has 0 aliphatic heterocycles. The molecule has 2 rings (SSSR count). The van der Waals surface area contributed by atoms with Crippen LogP contribution in [-0.4, -0.2) is 0 Å². The molecule has 1 aromatic carbocycles. The molecule has 2 aromatic rings. The molecule has 1 nitrogen and oxygen atoms in total. The van der Waals surface area contributed by atoms with Gasteiger partial charge in [0, 0.05) is 21.0 Å². The number of nitrogens with two attached hydrogens (primary N) is 1. The van der Waals surface area contributed by atoms with Crippen molar-refractivity contribution >= 4 is 17.0 Å². The Balaban J connectivity index is 2.58. The van der Waals surface area contributed by atoms with Gasteiger partial charge in [-0.05, 0) is 56.2 Å². The summed E-state index contributed by atoms with van der Waals surface area (Å²) in [5, 5.41) is 0. The standard InChI is InChI=1S/C13H15NS/c1-8-6-11(12(14)7-9(8)2)13-5-4-10(3)15-13/h4-7H,14H2,1-3H3. The zero-order chi connectivity index (χ0) is 11.0. The first-order valence-electron chi connectivity index (χ1n) is 5.01. The second-order valence-electron chi connectivity index (χ2n) is 3.93. The summed E-state index contributed by atoms with van der Waals surface area (Å²) in [5.74, 6) is 0. The summed E-state index contributed by atoms with van der Waals surface area (Å²) in [4.78, 5) is 2.58. The number of aryl methyl sites for hydroxylation is 3. The topological polar surface area (TPSA) is 26.0 Å². The van der Waals surface area contributed by atoms with Crippen LogP contribution in [0.2, 0.25) is 0 Å². The fraction of sp³-hybridized carbons (Fsp3) is 0.231. The van der Waals surface area contributed by atoms with Crippen LogP contribution >= 0.6 is 11.3 Å². The van der Waals surface area contributed by atoms with Crippen molar-refractivity contribution in [2.24, 2.45) is 0 Å². The van der Waals surface area contributed by atoms with Gasteiger partial charge in [-0.2, -0.15) is 0 Å². The van der Waals surface area contributed by atoms with E-state index in [1.165, 1.54) is 20.9 Å². The molecule has 1 heterocycles. The van der Waals surface area contributed by atoms with E-state index in [9.17, 15) is 0 Å². The molecular weight excluding hydrogens is 202 g/mol. The third-order valence-corrected chi connectivity index (χ3v) is 3.71. The molecule has 0 spiro atoms. The van der Waals surface area contributed by atoms with Gasteiger partial charge in [0.2, 0.25) is 0 Å². The second-order valence-corrected chi connectivity index (χ2v) is 5.22. The van der Waals surface area contributed by atoms with Crippen LogP contribution in [0.15, 0.2) is 24.3 Å². The highest BCUT2D eigenvalue weighted by Gasteiger charge is 2.06. The molecule has 0 saturated heterocycles. The maximum Gasteiger partial charge on any atom is 0.0404 e. The first kappa shape index (κ1) is 10.2. The van der Waals surface area contributed by atoms with Crippen LogP contribution in [-0.2, 0) is 0 Å². The minimum atomic E-state index is 0.875. The highest BCUT2D eigenvalue weighted by molar-refractivity contribution is 7.15. The van der Waals surface area contributed by atoms with E-state index in [0.717, 1.165) is 11.3 Å². The van der Waals surface area contributed by atoms with Gasteiger partial charge < -0.3 is 5.73 Å². The van der Waals surface area contributed by atoms with Gasteiger partial charge in [-0.1, -0.05) is 0 Å². The Labute approximate surface area is 94.6 Å². The minimum Gasteiger partial charge on any atom is -0.398 e. The van der Waals surface area contributed by atoms with E-state index in [4.69, 9.17) is 5.73 Å². The summed E-state index contributed by atoms with van der Waals surface area (Å²) in [6, 6.07) is 8.50. The first-order valence-corrected chi connectivity index (χ1v) is 5.83. The Morgan fingerprint density at radius 2 is 1.67 bits per heavy atom. The fourth-order valence-electron chi connectivity index (χ4n) is 1.63. The van der Waals surface area contributed by atoms with Crippen molar-refractivity contribution in [1.29, 1.82) is 0 Å². The zero-order valence-electron chi connectivity index (χ0n) is 9.29. The van der Waals surface area contributed by atoms with Crippen molar-refractivity contribution in [3.8, 4) is 10.4 Å². The zero-order valence-corrected chi connectivity index (χ0v) is 10.1. The first-order chi connectivity index (χ1) is 7.08. The van der Waals surface area contributed by atoms with E-state index < -0.39 is 0 Å². The van der Waals surface area contributed by atoms with Crippen molar-refractivity contribution in [2.45, 2.75) is 20.8 Å². The smallest absolute Gasteiger partial charge is 0.0404 e. The quantitative estimate of drug-likeness (QED) is 0.720. The number of anilines is 1. The molecule has 0 unspecified atom stereocenters. The lowest BCUT2D eigenvalue weighted by atomic mass is 10.0. The lowest BCUT2D eigenvalue weighted by Gasteiger charge is -2.07. The fourth-order valence-corrected chi connectivity index (χ4v) is 2.54. The molecule has 0 radical (unpaired) electrons. The van der Waals surface area contributed by atoms with E-state index in [1.807, 2.05) is 0 Å². The van der Waals surface area contributed by atoms with E-state index in [0.29, 0.717) is 0 Å². The van der Waals surface area contributed by atoms with Gasteiger partial charge >= 0.3 is 0 Å². The molecule has 0 bridgehead atoms. The Kier molecular flexibility index (Phi) is 2.53. The average molecular weight is 217 g/mol. The molecule has 2 N–H and O–H groups in total. The Bertz CT molecular complexity index is 497. The van der Waals surface area contributed by atoms with Crippen LogP contribution < -0.4 is 5.73 Å². The molecule has 0 aliphatic rings. The molecule has 0 fully saturated rings. The molecule has 1 aromatic heterocycles. The molecule has 0 saturated carbocycles. The highest BCUT2D eigenvalue weighted by atomic mass is 32.1. The van der Waals surface area contributed by atoms with Gasteiger partial charge in [0.05, 0.1) is 0 Å². The largest absolute Gasteiger partial charge is 0.398 e. The van der Waals surface area contributed by atoms with Crippen LogP contribution in [0.25, 0.3) is 10.4 Å². The normalized spacial score (nSPS) is 10.6. The van der Waals surface area contributed by atoms with Gasteiger partial charge in [0.15, 0.2) is 0 Å². The van der Waals surface area contributed by atoms with Crippen LogP contribution in [0, 0.1) is 20.8 Å². The van der Waals surface area contributed by atoms with Gasteiger partial charge in [-0.3, -0.25) is 0 Å². The van der Waals surface area contributed by atoms with Gasteiger partial charge in [-0.25, -0.2) is 0 Å². The number of nitrogen functional groups attached to an aromatic ring is 1. The van der Waals surface area contributed by atoms with Crippen molar-refractivity contribution in [3.05, 3.63) is 40.3 Å². The monoisotopic (exact) mass is 217 g/mol. The van der Waals surface area contributed by atoms with Crippen LogP contribution in [0.3, 0.4) is 0 Å².